The Balaban J connectivity index is 2.16. The molecule has 1 saturated heterocycles. The van der Waals surface area contributed by atoms with Crippen LogP contribution in [0.25, 0.3) is 0 Å². The molecule has 1 fully saturated rings. The average molecular weight is 311 g/mol. The second kappa shape index (κ2) is 7.71. The summed E-state index contributed by atoms with van der Waals surface area (Å²) in [6.45, 7) is 3.68. The number of aromatic nitrogens is 2. The highest BCUT2D eigenvalue weighted by Gasteiger charge is 2.39. The van der Waals surface area contributed by atoms with Crippen LogP contribution in [-0.2, 0) is 20.8 Å². The Bertz CT molecular complexity index is 491. The van der Waals surface area contributed by atoms with Gasteiger partial charge in [0, 0.05) is 34.0 Å². The lowest BCUT2D eigenvalue weighted by atomic mass is 10.0. The van der Waals surface area contributed by atoms with Gasteiger partial charge in [0.25, 0.3) is 5.91 Å². The molecule has 0 aromatic carbocycles. The number of rotatable bonds is 6. The van der Waals surface area contributed by atoms with Gasteiger partial charge in [0.2, 0.25) is 0 Å². The zero-order chi connectivity index (χ0) is 16.1. The van der Waals surface area contributed by atoms with Gasteiger partial charge < -0.3 is 19.1 Å². The van der Waals surface area contributed by atoms with Gasteiger partial charge in [-0.3, -0.25) is 9.48 Å². The molecule has 1 aromatic heterocycles. The van der Waals surface area contributed by atoms with Crippen LogP contribution in [0.3, 0.4) is 0 Å². The van der Waals surface area contributed by atoms with Gasteiger partial charge >= 0.3 is 0 Å². The minimum absolute atomic E-state index is 0.0849. The van der Waals surface area contributed by atoms with Crippen molar-refractivity contribution in [2.24, 2.45) is 0 Å². The summed E-state index contributed by atoms with van der Waals surface area (Å²) in [5, 5.41) is 4.21. The highest BCUT2D eigenvalue weighted by molar-refractivity contribution is 5.92. The summed E-state index contributed by atoms with van der Waals surface area (Å²) in [6.07, 6.45) is 2.18. The van der Waals surface area contributed by atoms with E-state index in [1.165, 1.54) is 0 Å². The van der Waals surface area contributed by atoms with E-state index < -0.39 is 0 Å². The van der Waals surface area contributed by atoms with Gasteiger partial charge in [-0.25, -0.2) is 0 Å². The molecule has 7 heteroatoms. The van der Waals surface area contributed by atoms with Crippen molar-refractivity contribution in [3.05, 3.63) is 18.0 Å². The number of methoxy groups -OCH3 is 2. The number of ether oxygens (including phenoxy) is 3. The number of hydrogen-bond donors (Lipinski definition) is 0. The van der Waals surface area contributed by atoms with E-state index in [1.807, 2.05) is 0 Å². The molecule has 0 N–H and O–H groups in total. The normalized spacial score (nSPS) is 25.2. The molecule has 1 aliphatic rings. The molecule has 1 aliphatic heterocycles. The predicted octanol–water partition coefficient (Wildman–Crippen LogP) is 0.794. The Morgan fingerprint density at radius 3 is 2.86 bits per heavy atom. The van der Waals surface area contributed by atoms with Crippen molar-refractivity contribution >= 4 is 5.91 Å². The number of amides is 1. The third-order valence-electron chi connectivity index (χ3n) is 4.08. The van der Waals surface area contributed by atoms with Crippen LogP contribution in [0.15, 0.2) is 12.3 Å². The molecule has 2 rings (SSSR count). The molecule has 0 radical (unpaired) electrons. The molecule has 0 saturated carbocycles. The summed E-state index contributed by atoms with van der Waals surface area (Å²) in [5.41, 5.74) is 0.582. The standard InChI is InChI=1S/C15H25N3O4/c1-5-8-18-11(6-7-16-18)15(19)17(2)12-9-22-10-13(20-3)14(12)21-4/h6-7,12-14H,5,8-10H2,1-4H3/t12-,13-,14+/m1/s1. The minimum atomic E-state index is -0.213. The van der Waals surface area contributed by atoms with Crippen LogP contribution in [0.4, 0.5) is 0 Å². The second-order valence-electron chi connectivity index (χ2n) is 5.43. The fourth-order valence-corrected chi connectivity index (χ4v) is 2.82. The highest BCUT2D eigenvalue weighted by atomic mass is 16.6. The first-order chi connectivity index (χ1) is 10.6. The van der Waals surface area contributed by atoms with Crippen molar-refractivity contribution in [3.8, 4) is 0 Å². The molecular weight excluding hydrogens is 286 g/mol. The first kappa shape index (κ1) is 16.9. The van der Waals surface area contributed by atoms with Crippen LogP contribution < -0.4 is 0 Å². The fourth-order valence-electron chi connectivity index (χ4n) is 2.82. The first-order valence-corrected chi connectivity index (χ1v) is 7.56. The quantitative estimate of drug-likeness (QED) is 0.777. The molecule has 1 aromatic rings. The predicted molar refractivity (Wildman–Crippen MR) is 80.8 cm³/mol. The van der Waals surface area contributed by atoms with Crippen LogP contribution in [0.2, 0.25) is 0 Å². The maximum atomic E-state index is 12.8. The number of aryl methyl sites for hydroxylation is 1. The van der Waals surface area contributed by atoms with Gasteiger partial charge in [-0.1, -0.05) is 6.92 Å². The summed E-state index contributed by atoms with van der Waals surface area (Å²) in [4.78, 5) is 14.4. The molecule has 0 bridgehead atoms. The van der Waals surface area contributed by atoms with Crippen molar-refractivity contribution in [2.75, 3.05) is 34.5 Å². The summed E-state index contributed by atoms with van der Waals surface area (Å²) in [6, 6.07) is 1.55. The SMILES string of the molecule is CCCn1nccc1C(=O)N(C)[C@@H]1COC[C@@H](OC)[C@H]1OC. The van der Waals surface area contributed by atoms with Gasteiger partial charge in [-0.2, -0.15) is 5.10 Å². The van der Waals surface area contributed by atoms with E-state index in [2.05, 4.69) is 12.0 Å². The Labute approximate surface area is 131 Å². The Kier molecular flexibility index (Phi) is 5.93. The smallest absolute Gasteiger partial charge is 0.272 e. The Hall–Kier alpha value is -1.44. The van der Waals surface area contributed by atoms with Crippen LogP contribution in [0, 0.1) is 0 Å². The molecule has 0 aliphatic carbocycles. The van der Waals surface area contributed by atoms with E-state index in [0.717, 1.165) is 13.0 Å². The molecule has 22 heavy (non-hydrogen) atoms. The second-order valence-corrected chi connectivity index (χ2v) is 5.43. The molecule has 0 spiro atoms. The van der Waals surface area contributed by atoms with Crippen LogP contribution in [0.5, 0.6) is 0 Å². The average Bonchev–Trinajstić information content (AvgIpc) is 3.01. The van der Waals surface area contributed by atoms with Crippen molar-refractivity contribution in [3.63, 3.8) is 0 Å². The van der Waals surface area contributed by atoms with Crippen LogP contribution in [0.1, 0.15) is 23.8 Å². The van der Waals surface area contributed by atoms with Crippen molar-refractivity contribution in [1.82, 2.24) is 14.7 Å². The summed E-state index contributed by atoms with van der Waals surface area (Å²) in [7, 11) is 5.03. The summed E-state index contributed by atoms with van der Waals surface area (Å²) < 4.78 is 18.3. The van der Waals surface area contributed by atoms with Crippen LogP contribution in [-0.4, -0.2) is 73.3 Å². The number of nitrogens with zero attached hydrogens (tertiary/aromatic N) is 3. The molecular formula is C15H25N3O4. The van der Waals surface area contributed by atoms with E-state index >= 15 is 0 Å². The summed E-state index contributed by atoms with van der Waals surface area (Å²) in [5.74, 6) is -0.0849. The van der Waals surface area contributed by atoms with E-state index in [1.54, 1.807) is 43.1 Å². The molecule has 1 amide bonds. The molecule has 3 atom stereocenters. The Morgan fingerprint density at radius 1 is 1.45 bits per heavy atom. The molecule has 7 nitrogen and oxygen atoms in total. The third-order valence-corrected chi connectivity index (χ3v) is 4.08. The summed E-state index contributed by atoms with van der Waals surface area (Å²) >= 11 is 0. The number of likely N-dealkylation sites (N-methyl/N-ethyl adjacent to an activating group) is 1. The maximum absolute atomic E-state index is 12.8. The topological polar surface area (TPSA) is 65.8 Å². The molecule has 0 unspecified atom stereocenters. The van der Waals surface area contributed by atoms with Gasteiger partial charge in [-0.15, -0.1) is 0 Å². The van der Waals surface area contributed by atoms with E-state index in [-0.39, 0.29) is 24.2 Å². The largest absolute Gasteiger partial charge is 0.376 e. The zero-order valence-corrected chi connectivity index (χ0v) is 13.7. The van der Waals surface area contributed by atoms with Gasteiger partial charge in [0.05, 0.1) is 19.3 Å². The number of carbonyl (C=O) groups is 1. The van der Waals surface area contributed by atoms with Crippen molar-refractivity contribution in [2.45, 2.75) is 38.1 Å². The fraction of sp³-hybridized carbons (Fsp3) is 0.733. The Morgan fingerprint density at radius 2 is 2.23 bits per heavy atom. The third kappa shape index (κ3) is 3.31. The minimum Gasteiger partial charge on any atom is -0.376 e. The van der Waals surface area contributed by atoms with E-state index in [9.17, 15) is 4.79 Å². The van der Waals surface area contributed by atoms with Gasteiger partial charge in [-0.05, 0) is 12.5 Å². The van der Waals surface area contributed by atoms with E-state index in [0.29, 0.717) is 18.9 Å². The lowest BCUT2D eigenvalue weighted by molar-refractivity contribution is -0.147. The van der Waals surface area contributed by atoms with Crippen molar-refractivity contribution in [1.29, 1.82) is 0 Å². The lowest BCUT2D eigenvalue weighted by Crippen LogP contribution is -2.57. The monoisotopic (exact) mass is 311 g/mol. The maximum Gasteiger partial charge on any atom is 0.272 e. The van der Waals surface area contributed by atoms with Gasteiger partial charge in [0.1, 0.15) is 17.9 Å². The van der Waals surface area contributed by atoms with Gasteiger partial charge in [0.15, 0.2) is 0 Å². The highest BCUT2D eigenvalue weighted by Crippen LogP contribution is 2.20. The first-order valence-electron chi connectivity index (χ1n) is 7.56. The van der Waals surface area contributed by atoms with E-state index in [4.69, 9.17) is 14.2 Å². The number of hydrogen-bond acceptors (Lipinski definition) is 5. The number of carbonyl (C=O) groups excluding carboxylic acids is 1. The zero-order valence-electron chi connectivity index (χ0n) is 13.7. The molecule has 2 heterocycles. The van der Waals surface area contributed by atoms with Crippen molar-refractivity contribution < 1.29 is 19.0 Å². The van der Waals surface area contributed by atoms with Crippen LogP contribution >= 0.6 is 0 Å². The lowest BCUT2D eigenvalue weighted by Gasteiger charge is -2.40. The molecule has 124 valence electrons.